The Hall–Kier alpha value is -3.53. The molecule has 0 spiro atoms. The molecule has 10 heteroatoms. The summed E-state index contributed by atoms with van der Waals surface area (Å²) in [5.74, 6) is 0.106. The summed E-state index contributed by atoms with van der Waals surface area (Å²) in [5, 5.41) is 14.7. The Morgan fingerprint density at radius 1 is 1.34 bits per heavy atom. The van der Waals surface area contributed by atoms with Crippen LogP contribution in [0.25, 0.3) is 11.7 Å². The highest BCUT2D eigenvalue weighted by Gasteiger charge is 2.26. The molecule has 29 heavy (non-hydrogen) atoms. The number of anilines is 2. The zero-order chi connectivity index (χ0) is 20.0. The molecule has 3 aromatic heterocycles. The van der Waals surface area contributed by atoms with Gasteiger partial charge in [0, 0.05) is 23.2 Å². The third kappa shape index (κ3) is 3.49. The van der Waals surface area contributed by atoms with Crippen molar-refractivity contribution in [2.75, 3.05) is 10.6 Å². The molecule has 1 saturated heterocycles. The Balaban J connectivity index is 1.55. The molecule has 5 rings (SSSR count). The predicted octanol–water partition coefficient (Wildman–Crippen LogP) is 2.05. The SMILES string of the molecule is O=C1C/C(=C\c2cnn3c(NC4CC4)cc(NC(=O)c4cccs4)nc23)C(=O)N1. The number of nitrogens with one attached hydrogen (secondary N) is 3. The van der Waals surface area contributed by atoms with E-state index in [4.69, 9.17) is 0 Å². The van der Waals surface area contributed by atoms with E-state index in [9.17, 15) is 14.4 Å². The van der Waals surface area contributed by atoms with E-state index < -0.39 is 5.91 Å². The topological polar surface area (TPSA) is 117 Å². The van der Waals surface area contributed by atoms with Crippen LogP contribution in [0.2, 0.25) is 0 Å². The second-order valence-corrected chi connectivity index (χ2v) is 7.88. The monoisotopic (exact) mass is 408 g/mol. The highest BCUT2D eigenvalue weighted by molar-refractivity contribution is 7.12. The zero-order valence-corrected chi connectivity index (χ0v) is 16.0. The van der Waals surface area contributed by atoms with Gasteiger partial charge in [0.2, 0.25) is 5.91 Å². The van der Waals surface area contributed by atoms with Crippen LogP contribution in [0.4, 0.5) is 11.6 Å². The number of rotatable bonds is 5. The van der Waals surface area contributed by atoms with E-state index in [1.807, 2.05) is 11.4 Å². The van der Waals surface area contributed by atoms with Gasteiger partial charge in [0.05, 0.1) is 17.5 Å². The lowest BCUT2D eigenvalue weighted by atomic mass is 10.1. The van der Waals surface area contributed by atoms with Crippen molar-refractivity contribution < 1.29 is 14.4 Å². The van der Waals surface area contributed by atoms with Crippen LogP contribution in [0, 0.1) is 0 Å². The number of carbonyl (C=O) groups is 3. The number of thiophene rings is 1. The Kier molecular flexibility index (Phi) is 4.13. The van der Waals surface area contributed by atoms with E-state index in [1.54, 1.807) is 28.9 Å². The predicted molar refractivity (Wildman–Crippen MR) is 108 cm³/mol. The summed E-state index contributed by atoms with van der Waals surface area (Å²) in [7, 11) is 0. The van der Waals surface area contributed by atoms with E-state index in [1.165, 1.54) is 11.3 Å². The molecule has 0 radical (unpaired) electrons. The Labute approximate surface area is 168 Å². The first kappa shape index (κ1) is 17.6. The van der Waals surface area contributed by atoms with E-state index in [2.05, 4.69) is 26.0 Å². The van der Waals surface area contributed by atoms with Gasteiger partial charge in [-0.2, -0.15) is 9.61 Å². The summed E-state index contributed by atoms with van der Waals surface area (Å²) >= 11 is 1.35. The van der Waals surface area contributed by atoms with Crippen LogP contribution in [-0.2, 0) is 9.59 Å². The van der Waals surface area contributed by atoms with Crippen molar-refractivity contribution in [3.63, 3.8) is 0 Å². The average Bonchev–Trinajstić information content (AvgIpc) is 3.07. The fraction of sp³-hybridized carbons (Fsp3) is 0.211. The van der Waals surface area contributed by atoms with Crippen LogP contribution in [0.1, 0.15) is 34.5 Å². The Morgan fingerprint density at radius 3 is 2.90 bits per heavy atom. The summed E-state index contributed by atoms with van der Waals surface area (Å²) in [6, 6.07) is 5.66. The first-order chi connectivity index (χ1) is 14.1. The van der Waals surface area contributed by atoms with Crippen molar-refractivity contribution in [3.8, 4) is 0 Å². The fourth-order valence-corrected chi connectivity index (χ4v) is 3.70. The molecule has 1 aliphatic heterocycles. The number of hydrogen-bond acceptors (Lipinski definition) is 7. The maximum absolute atomic E-state index is 12.5. The van der Waals surface area contributed by atoms with Gasteiger partial charge in [0.1, 0.15) is 11.6 Å². The third-order valence-corrected chi connectivity index (χ3v) is 5.51. The van der Waals surface area contributed by atoms with Gasteiger partial charge >= 0.3 is 0 Å². The molecular weight excluding hydrogens is 392 g/mol. The lowest BCUT2D eigenvalue weighted by Crippen LogP contribution is -2.19. The number of hydrogen-bond donors (Lipinski definition) is 3. The van der Waals surface area contributed by atoms with Gasteiger partial charge < -0.3 is 10.6 Å². The lowest BCUT2D eigenvalue weighted by Gasteiger charge is -2.10. The number of imide groups is 1. The number of nitrogens with zero attached hydrogens (tertiary/aromatic N) is 3. The molecule has 0 bridgehead atoms. The summed E-state index contributed by atoms with van der Waals surface area (Å²) in [5.41, 5.74) is 1.43. The van der Waals surface area contributed by atoms with Crippen LogP contribution >= 0.6 is 11.3 Å². The van der Waals surface area contributed by atoms with Crippen LogP contribution < -0.4 is 16.0 Å². The number of carbonyl (C=O) groups excluding carboxylic acids is 3. The van der Waals surface area contributed by atoms with E-state index in [-0.39, 0.29) is 18.2 Å². The normalized spacial score (nSPS) is 17.7. The third-order valence-electron chi connectivity index (χ3n) is 4.64. The minimum atomic E-state index is -0.409. The van der Waals surface area contributed by atoms with Crippen molar-refractivity contribution in [2.45, 2.75) is 25.3 Å². The first-order valence-corrected chi connectivity index (χ1v) is 10.00. The fourth-order valence-electron chi connectivity index (χ4n) is 3.08. The molecule has 146 valence electrons. The minimum absolute atomic E-state index is 0.0260. The number of amides is 3. The molecule has 0 aromatic carbocycles. The highest BCUT2D eigenvalue weighted by atomic mass is 32.1. The van der Waals surface area contributed by atoms with E-state index >= 15 is 0 Å². The Morgan fingerprint density at radius 2 is 2.21 bits per heavy atom. The molecule has 2 fully saturated rings. The van der Waals surface area contributed by atoms with Crippen LogP contribution in [0.5, 0.6) is 0 Å². The number of fused-ring (bicyclic) bond motifs is 1. The van der Waals surface area contributed by atoms with E-state index in [0.29, 0.717) is 39.3 Å². The van der Waals surface area contributed by atoms with Gasteiger partial charge in [-0.3, -0.25) is 19.7 Å². The van der Waals surface area contributed by atoms with Gasteiger partial charge in [0.15, 0.2) is 5.65 Å². The quantitative estimate of drug-likeness (QED) is 0.439. The summed E-state index contributed by atoms with van der Waals surface area (Å²) in [4.78, 5) is 40.9. The van der Waals surface area contributed by atoms with Crippen molar-refractivity contribution in [1.82, 2.24) is 19.9 Å². The maximum atomic E-state index is 12.5. The van der Waals surface area contributed by atoms with Gasteiger partial charge in [-0.15, -0.1) is 11.3 Å². The summed E-state index contributed by atoms with van der Waals surface area (Å²) in [6.07, 6.45) is 5.37. The van der Waals surface area contributed by atoms with Gasteiger partial charge in [-0.1, -0.05) is 6.07 Å². The van der Waals surface area contributed by atoms with Crippen LogP contribution in [0.3, 0.4) is 0 Å². The summed E-state index contributed by atoms with van der Waals surface area (Å²) < 4.78 is 1.64. The van der Waals surface area contributed by atoms with Crippen molar-refractivity contribution in [1.29, 1.82) is 0 Å². The van der Waals surface area contributed by atoms with Crippen molar-refractivity contribution in [2.24, 2.45) is 0 Å². The van der Waals surface area contributed by atoms with Gasteiger partial charge in [0.25, 0.3) is 11.8 Å². The molecule has 1 saturated carbocycles. The van der Waals surface area contributed by atoms with Crippen molar-refractivity contribution in [3.05, 3.63) is 45.8 Å². The first-order valence-electron chi connectivity index (χ1n) is 9.12. The molecule has 0 atom stereocenters. The summed E-state index contributed by atoms with van der Waals surface area (Å²) in [6.45, 7) is 0. The molecule has 2 aliphatic rings. The average molecular weight is 408 g/mol. The molecule has 3 aromatic rings. The second-order valence-electron chi connectivity index (χ2n) is 6.94. The maximum Gasteiger partial charge on any atom is 0.266 e. The largest absolute Gasteiger partial charge is 0.367 e. The Bertz CT molecular complexity index is 1180. The molecule has 4 heterocycles. The minimum Gasteiger partial charge on any atom is -0.367 e. The molecule has 3 amide bonds. The molecule has 1 aliphatic carbocycles. The number of aromatic nitrogens is 3. The van der Waals surface area contributed by atoms with Crippen LogP contribution in [0.15, 0.2) is 35.3 Å². The van der Waals surface area contributed by atoms with Crippen molar-refractivity contribution >= 4 is 52.4 Å². The highest BCUT2D eigenvalue weighted by Crippen LogP contribution is 2.28. The molecular formula is C19H16N6O3S. The molecule has 9 nitrogen and oxygen atoms in total. The standard InChI is InChI=1S/C19H16N6O3S/c26-16-7-10(18(27)24-16)6-11-9-20-25-15(21-12-3-4-12)8-14(22-17(11)25)23-19(28)13-2-1-5-29-13/h1-2,5-6,8-9,12,21H,3-4,7H2,(H,22,23,28)(H,24,26,27)/b10-6+. The molecule has 3 N–H and O–H groups in total. The lowest BCUT2D eigenvalue weighted by molar-refractivity contribution is -0.124. The van der Waals surface area contributed by atoms with Gasteiger partial charge in [-0.05, 0) is 30.4 Å². The van der Waals surface area contributed by atoms with E-state index in [0.717, 1.165) is 12.8 Å². The van der Waals surface area contributed by atoms with Gasteiger partial charge in [-0.25, -0.2) is 4.98 Å². The second kappa shape index (κ2) is 6.82. The van der Waals surface area contributed by atoms with Crippen LogP contribution in [-0.4, -0.2) is 38.4 Å². The smallest absolute Gasteiger partial charge is 0.266 e. The zero-order valence-electron chi connectivity index (χ0n) is 15.1. The molecule has 0 unspecified atom stereocenters.